The Morgan fingerprint density at radius 3 is 2.42 bits per heavy atom. The lowest BCUT2D eigenvalue weighted by atomic mass is 10.0. The molecule has 1 heteroatoms. The van der Waals surface area contributed by atoms with E-state index in [-0.39, 0.29) is 0 Å². The number of allylic oxidation sites excluding steroid dienone is 1. The largest absolute Gasteiger partial charge is 0.0999 e. The van der Waals surface area contributed by atoms with Crippen molar-refractivity contribution in [2.45, 2.75) is 51.3 Å². The number of alkyl halides is 1. The Bertz CT molecular complexity index is 127. The van der Waals surface area contributed by atoms with Gasteiger partial charge in [-0.05, 0) is 31.6 Å². The Hall–Kier alpha value is 0.220. The smallest absolute Gasteiger partial charge is 0.0168 e. The first kappa shape index (κ1) is 12.2. The van der Waals surface area contributed by atoms with Gasteiger partial charge in [0.05, 0.1) is 0 Å². The van der Waals surface area contributed by atoms with Gasteiger partial charge in [-0.2, -0.15) is 0 Å². The molecule has 0 bridgehead atoms. The lowest BCUT2D eigenvalue weighted by Crippen LogP contribution is -2.06. The lowest BCUT2D eigenvalue weighted by Gasteiger charge is -2.13. The Labute approximate surface area is 85.6 Å². The third-order valence-corrected chi connectivity index (χ3v) is 3.75. The topological polar surface area (TPSA) is 0 Å². The maximum Gasteiger partial charge on any atom is 0.0168 e. The van der Waals surface area contributed by atoms with Crippen LogP contribution in [0.4, 0.5) is 0 Å². The summed E-state index contributed by atoms with van der Waals surface area (Å²) < 4.78 is 0. The van der Waals surface area contributed by atoms with Gasteiger partial charge in [-0.3, -0.25) is 0 Å². The minimum Gasteiger partial charge on any atom is -0.0999 e. The molecular weight excluding hydrogens is 212 g/mol. The average molecular weight is 233 g/mol. The summed E-state index contributed by atoms with van der Waals surface area (Å²) in [4.78, 5) is 0.683. The second-order valence-electron chi connectivity index (χ2n) is 3.76. The number of hydrogen-bond acceptors (Lipinski definition) is 0. The second-order valence-corrected chi connectivity index (χ2v) is 4.93. The Morgan fingerprint density at radius 2 is 2.00 bits per heavy atom. The Kier molecular flexibility index (Phi) is 6.83. The molecule has 0 amide bonds. The fraction of sp³-hybridized carbons (Fsp3) is 0.818. The lowest BCUT2D eigenvalue weighted by molar-refractivity contribution is 0.560. The van der Waals surface area contributed by atoms with Crippen LogP contribution in [0.3, 0.4) is 0 Å². The Morgan fingerprint density at radius 1 is 1.42 bits per heavy atom. The highest BCUT2D eigenvalue weighted by molar-refractivity contribution is 9.09. The summed E-state index contributed by atoms with van der Waals surface area (Å²) in [6, 6.07) is 0. The summed E-state index contributed by atoms with van der Waals surface area (Å²) in [5, 5.41) is 0. The van der Waals surface area contributed by atoms with E-state index in [9.17, 15) is 0 Å². The molecule has 12 heavy (non-hydrogen) atoms. The highest BCUT2D eigenvalue weighted by Crippen LogP contribution is 2.20. The van der Waals surface area contributed by atoms with E-state index < -0.39 is 0 Å². The fourth-order valence-corrected chi connectivity index (χ4v) is 1.38. The zero-order valence-electron chi connectivity index (χ0n) is 8.57. The molecule has 0 radical (unpaired) electrons. The number of rotatable bonds is 6. The van der Waals surface area contributed by atoms with Gasteiger partial charge in [0, 0.05) is 4.83 Å². The van der Waals surface area contributed by atoms with E-state index in [0.717, 1.165) is 12.3 Å². The third kappa shape index (κ3) is 5.82. The summed E-state index contributed by atoms with van der Waals surface area (Å²) in [7, 11) is 0. The van der Waals surface area contributed by atoms with Crippen LogP contribution in [0.25, 0.3) is 0 Å². The summed E-state index contributed by atoms with van der Waals surface area (Å²) in [5.74, 6) is 0.750. The zero-order chi connectivity index (χ0) is 9.56. The van der Waals surface area contributed by atoms with Gasteiger partial charge in [0.1, 0.15) is 0 Å². The molecule has 1 atom stereocenters. The van der Waals surface area contributed by atoms with Crippen LogP contribution in [0.5, 0.6) is 0 Å². The van der Waals surface area contributed by atoms with Gasteiger partial charge in [0.2, 0.25) is 0 Å². The van der Waals surface area contributed by atoms with E-state index in [4.69, 9.17) is 0 Å². The van der Waals surface area contributed by atoms with Crippen molar-refractivity contribution in [3.05, 3.63) is 12.2 Å². The molecule has 0 fully saturated rings. The molecule has 0 N–H and O–H groups in total. The van der Waals surface area contributed by atoms with Crippen molar-refractivity contribution < 1.29 is 0 Å². The van der Waals surface area contributed by atoms with Crippen molar-refractivity contribution in [1.82, 2.24) is 0 Å². The average Bonchev–Trinajstić information content (AvgIpc) is 2.03. The molecule has 0 aliphatic carbocycles. The normalized spacial score (nSPS) is 13.4. The molecule has 0 aliphatic rings. The molecule has 72 valence electrons. The van der Waals surface area contributed by atoms with Gasteiger partial charge >= 0.3 is 0 Å². The predicted molar refractivity (Wildman–Crippen MR) is 60.8 cm³/mol. The second kappa shape index (κ2) is 6.71. The summed E-state index contributed by atoms with van der Waals surface area (Å²) in [5.41, 5.74) is 1.39. The number of hydrogen-bond donors (Lipinski definition) is 0. The number of halogens is 1. The maximum absolute atomic E-state index is 4.00. The van der Waals surface area contributed by atoms with E-state index in [1.807, 2.05) is 0 Å². The summed E-state index contributed by atoms with van der Waals surface area (Å²) >= 11 is 3.68. The highest BCUT2D eigenvalue weighted by atomic mass is 79.9. The van der Waals surface area contributed by atoms with Crippen molar-refractivity contribution in [2.75, 3.05) is 0 Å². The summed E-state index contributed by atoms with van der Waals surface area (Å²) in [6.07, 6.45) is 4.89. The fourth-order valence-electron chi connectivity index (χ4n) is 1.06. The van der Waals surface area contributed by atoms with E-state index in [2.05, 4.69) is 43.3 Å². The predicted octanol–water partition coefficient (Wildman–Crippen LogP) is 4.54. The van der Waals surface area contributed by atoms with Crippen molar-refractivity contribution in [3.8, 4) is 0 Å². The molecule has 0 aromatic rings. The van der Waals surface area contributed by atoms with Gasteiger partial charge in [-0.15, -0.1) is 0 Å². The Balaban J connectivity index is 3.37. The van der Waals surface area contributed by atoms with Gasteiger partial charge in [0.25, 0.3) is 0 Å². The molecule has 0 aliphatic heterocycles. The standard InChI is InChI=1S/C11H21Br/c1-5-10(4)7-6-8-11(12)9(2)3/h9,11H,4-8H2,1-3H3. The molecule has 0 saturated heterocycles. The van der Waals surface area contributed by atoms with E-state index in [1.54, 1.807) is 0 Å². The first-order valence-electron chi connectivity index (χ1n) is 4.88. The van der Waals surface area contributed by atoms with Gasteiger partial charge in [-0.1, -0.05) is 48.9 Å². The molecule has 0 saturated carbocycles. The maximum atomic E-state index is 4.00. The van der Waals surface area contributed by atoms with Crippen LogP contribution in [0, 0.1) is 5.92 Å². The van der Waals surface area contributed by atoms with Gasteiger partial charge in [0.15, 0.2) is 0 Å². The quantitative estimate of drug-likeness (QED) is 0.466. The zero-order valence-corrected chi connectivity index (χ0v) is 10.2. The van der Waals surface area contributed by atoms with Crippen LogP contribution >= 0.6 is 15.9 Å². The minimum absolute atomic E-state index is 0.683. The molecular formula is C11H21Br. The van der Waals surface area contributed by atoms with E-state index >= 15 is 0 Å². The van der Waals surface area contributed by atoms with Crippen molar-refractivity contribution >= 4 is 15.9 Å². The molecule has 1 unspecified atom stereocenters. The van der Waals surface area contributed by atoms with Crippen molar-refractivity contribution in [3.63, 3.8) is 0 Å². The molecule has 0 aromatic heterocycles. The molecule has 0 spiro atoms. The van der Waals surface area contributed by atoms with E-state index in [1.165, 1.54) is 24.8 Å². The van der Waals surface area contributed by atoms with Crippen LogP contribution in [0.2, 0.25) is 0 Å². The van der Waals surface area contributed by atoms with Crippen molar-refractivity contribution in [2.24, 2.45) is 5.92 Å². The van der Waals surface area contributed by atoms with Crippen LogP contribution in [-0.4, -0.2) is 4.83 Å². The van der Waals surface area contributed by atoms with Crippen molar-refractivity contribution in [1.29, 1.82) is 0 Å². The first-order valence-corrected chi connectivity index (χ1v) is 5.80. The van der Waals surface area contributed by atoms with Crippen LogP contribution in [-0.2, 0) is 0 Å². The minimum atomic E-state index is 0.683. The molecule has 0 rings (SSSR count). The first-order chi connectivity index (χ1) is 5.57. The van der Waals surface area contributed by atoms with Gasteiger partial charge < -0.3 is 0 Å². The summed E-state index contributed by atoms with van der Waals surface area (Å²) in [6.45, 7) is 10.7. The van der Waals surface area contributed by atoms with Crippen LogP contribution in [0.15, 0.2) is 12.2 Å². The SMILES string of the molecule is C=C(CC)CCCC(Br)C(C)C. The van der Waals surface area contributed by atoms with Crippen LogP contribution < -0.4 is 0 Å². The highest BCUT2D eigenvalue weighted by Gasteiger charge is 2.07. The van der Waals surface area contributed by atoms with Gasteiger partial charge in [-0.25, -0.2) is 0 Å². The van der Waals surface area contributed by atoms with E-state index in [0.29, 0.717) is 4.83 Å². The molecule has 0 heterocycles. The molecule has 0 aromatic carbocycles. The monoisotopic (exact) mass is 232 g/mol. The third-order valence-electron chi connectivity index (χ3n) is 2.23. The molecule has 0 nitrogen and oxygen atoms in total. The van der Waals surface area contributed by atoms with Crippen LogP contribution in [0.1, 0.15) is 46.5 Å².